The third-order valence-electron chi connectivity index (χ3n) is 3.98. The monoisotopic (exact) mass is 339 g/mol. The molecule has 3 rings (SSSR count). The fraction of sp³-hybridized carbons (Fsp3) is 0.400. The van der Waals surface area contributed by atoms with E-state index < -0.39 is 10.2 Å². The molecule has 116 valence electrons. The first kappa shape index (κ1) is 15.3. The molecule has 1 saturated carbocycles. The molecule has 0 bridgehead atoms. The number of hydrogen-bond acceptors (Lipinski definition) is 3. The Morgan fingerprint density at radius 1 is 1.36 bits per heavy atom. The van der Waals surface area contributed by atoms with Crippen LogP contribution in [0.4, 0.5) is 5.69 Å². The molecule has 1 aromatic carbocycles. The summed E-state index contributed by atoms with van der Waals surface area (Å²) in [6.07, 6.45) is 1.17. The maximum atomic E-state index is 11.9. The minimum atomic E-state index is -1.43. The number of amides is 2. The zero-order valence-corrected chi connectivity index (χ0v) is 13.4. The number of halogens is 2. The zero-order valence-electron chi connectivity index (χ0n) is 11.9. The van der Waals surface area contributed by atoms with Gasteiger partial charge in [0, 0.05) is 17.5 Å². The van der Waals surface area contributed by atoms with Crippen molar-refractivity contribution in [2.75, 3.05) is 5.32 Å². The van der Waals surface area contributed by atoms with Gasteiger partial charge in [-0.3, -0.25) is 9.59 Å². The van der Waals surface area contributed by atoms with Crippen molar-refractivity contribution < 1.29 is 9.59 Å². The lowest BCUT2D eigenvalue weighted by Gasteiger charge is -2.17. The Morgan fingerprint density at radius 2 is 2.05 bits per heavy atom. The van der Waals surface area contributed by atoms with Gasteiger partial charge in [0.05, 0.1) is 5.71 Å². The fourth-order valence-corrected chi connectivity index (χ4v) is 2.55. The van der Waals surface area contributed by atoms with E-state index in [0.29, 0.717) is 12.1 Å². The van der Waals surface area contributed by atoms with Crippen LogP contribution < -0.4 is 10.7 Å². The summed E-state index contributed by atoms with van der Waals surface area (Å²) in [5, 5.41) is 6.81. The van der Waals surface area contributed by atoms with Crippen LogP contribution in [0, 0.1) is 11.8 Å². The van der Waals surface area contributed by atoms with E-state index in [-0.39, 0.29) is 17.7 Å². The number of nitrogens with one attached hydrogen (secondary N) is 2. The first-order chi connectivity index (χ1) is 10.4. The molecule has 1 aromatic rings. The fourth-order valence-electron chi connectivity index (χ4n) is 2.45. The number of anilines is 1. The Hall–Kier alpha value is -1.59. The number of rotatable bonds is 4. The molecule has 5 nitrogen and oxygen atoms in total. The van der Waals surface area contributed by atoms with Crippen molar-refractivity contribution in [3.8, 4) is 0 Å². The summed E-state index contributed by atoms with van der Waals surface area (Å²) >= 11 is 11.8. The second-order valence-electron chi connectivity index (χ2n) is 5.51. The van der Waals surface area contributed by atoms with E-state index >= 15 is 0 Å². The lowest BCUT2D eigenvalue weighted by Crippen LogP contribution is -2.31. The molecule has 0 saturated heterocycles. The highest BCUT2D eigenvalue weighted by molar-refractivity contribution is 6.59. The van der Waals surface area contributed by atoms with Crippen molar-refractivity contribution in [2.45, 2.75) is 24.1 Å². The van der Waals surface area contributed by atoms with Gasteiger partial charge in [-0.15, -0.1) is 0 Å². The predicted molar refractivity (Wildman–Crippen MR) is 86.1 cm³/mol. The van der Waals surface area contributed by atoms with Crippen LogP contribution in [0.5, 0.6) is 0 Å². The first-order valence-corrected chi connectivity index (χ1v) is 7.85. The van der Waals surface area contributed by atoms with Crippen LogP contribution in [0.1, 0.15) is 25.3 Å². The Kier molecular flexibility index (Phi) is 3.87. The highest BCUT2D eigenvalue weighted by atomic mass is 35.5. The van der Waals surface area contributed by atoms with Crippen molar-refractivity contribution in [3.05, 3.63) is 29.8 Å². The molecule has 22 heavy (non-hydrogen) atoms. The third kappa shape index (κ3) is 2.83. The van der Waals surface area contributed by atoms with Gasteiger partial charge in [-0.1, -0.05) is 42.3 Å². The minimum Gasteiger partial charge on any atom is -0.323 e. The maximum absolute atomic E-state index is 11.9. The Balaban J connectivity index is 1.71. The molecule has 7 heteroatoms. The van der Waals surface area contributed by atoms with E-state index in [9.17, 15) is 9.59 Å². The molecule has 1 aliphatic carbocycles. The Labute approximate surface area is 138 Å². The van der Waals surface area contributed by atoms with Crippen molar-refractivity contribution in [3.63, 3.8) is 0 Å². The molecule has 2 amide bonds. The van der Waals surface area contributed by atoms with Crippen molar-refractivity contribution in [1.29, 1.82) is 0 Å². The Bertz CT molecular complexity index is 655. The summed E-state index contributed by atoms with van der Waals surface area (Å²) in [6, 6.07) is 7.25. The van der Waals surface area contributed by atoms with Crippen LogP contribution in [0.15, 0.2) is 29.4 Å². The van der Waals surface area contributed by atoms with Gasteiger partial charge in [0.15, 0.2) is 4.33 Å². The predicted octanol–water partition coefficient (Wildman–Crippen LogP) is 2.68. The maximum Gasteiger partial charge on any atom is 0.260 e. The van der Waals surface area contributed by atoms with E-state index in [0.717, 1.165) is 17.7 Å². The second-order valence-corrected chi connectivity index (χ2v) is 7.00. The topological polar surface area (TPSA) is 70.6 Å². The molecule has 0 aromatic heterocycles. The number of carbonyl (C=O) groups is 2. The van der Waals surface area contributed by atoms with Crippen molar-refractivity contribution in [2.24, 2.45) is 16.9 Å². The smallest absolute Gasteiger partial charge is 0.260 e. The standard InChI is InChI=1S/C15H15Cl2N3O2/c1-2-15(16,17)14(22)18-9-5-3-8(4-6-9)12-10-7-11(10)13(21)20-19-12/h3-6,10-11H,2,7H2,1H3,(H,18,22)(H,20,21). The lowest BCUT2D eigenvalue weighted by atomic mass is 10.0. The van der Waals surface area contributed by atoms with Crippen LogP contribution in [-0.2, 0) is 9.59 Å². The summed E-state index contributed by atoms with van der Waals surface area (Å²) in [5.74, 6) is -0.175. The lowest BCUT2D eigenvalue weighted by molar-refractivity contribution is -0.122. The molecule has 1 fully saturated rings. The zero-order chi connectivity index (χ0) is 15.9. The van der Waals surface area contributed by atoms with Gasteiger partial charge in [-0.05, 0) is 30.5 Å². The summed E-state index contributed by atoms with van der Waals surface area (Å²) in [6.45, 7) is 1.74. The average Bonchev–Trinajstić information content (AvgIpc) is 3.30. The number of hydrazone groups is 1. The molecule has 2 unspecified atom stereocenters. The van der Waals surface area contributed by atoms with Crippen LogP contribution in [0.3, 0.4) is 0 Å². The van der Waals surface area contributed by atoms with Gasteiger partial charge in [-0.25, -0.2) is 5.43 Å². The van der Waals surface area contributed by atoms with Crippen LogP contribution >= 0.6 is 23.2 Å². The largest absolute Gasteiger partial charge is 0.323 e. The first-order valence-electron chi connectivity index (χ1n) is 7.09. The van der Waals surface area contributed by atoms with Crippen molar-refractivity contribution in [1.82, 2.24) is 5.43 Å². The number of hydrogen-bond donors (Lipinski definition) is 2. The molecule has 0 spiro atoms. The van der Waals surface area contributed by atoms with Crippen LogP contribution in [-0.4, -0.2) is 21.9 Å². The molecular weight excluding hydrogens is 325 g/mol. The minimum absolute atomic E-state index is 0.00207. The van der Waals surface area contributed by atoms with Gasteiger partial charge in [0.1, 0.15) is 0 Å². The van der Waals surface area contributed by atoms with Crippen molar-refractivity contribution >= 4 is 46.4 Å². The van der Waals surface area contributed by atoms with Gasteiger partial charge >= 0.3 is 0 Å². The van der Waals surface area contributed by atoms with Crippen LogP contribution in [0.25, 0.3) is 0 Å². The number of fused-ring (bicyclic) bond motifs is 1. The van der Waals surface area contributed by atoms with E-state index in [1.165, 1.54) is 0 Å². The number of nitrogens with zero attached hydrogens (tertiary/aromatic N) is 1. The summed E-state index contributed by atoms with van der Waals surface area (Å²) in [7, 11) is 0. The van der Waals surface area contributed by atoms with E-state index in [1.807, 2.05) is 12.1 Å². The third-order valence-corrected chi connectivity index (χ3v) is 4.86. The van der Waals surface area contributed by atoms with E-state index in [2.05, 4.69) is 15.8 Å². The summed E-state index contributed by atoms with van der Waals surface area (Å²) in [5.41, 5.74) is 4.98. The van der Waals surface area contributed by atoms with E-state index in [1.54, 1.807) is 19.1 Å². The van der Waals surface area contributed by atoms with Gasteiger partial charge in [0.2, 0.25) is 5.91 Å². The number of carbonyl (C=O) groups excluding carboxylic acids is 2. The van der Waals surface area contributed by atoms with Gasteiger partial charge in [-0.2, -0.15) is 5.10 Å². The molecular formula is C15H15Cl2N3O2. The highest BCUT2D eigenvalue weighted by Crippen LogP contribution is 2.43. The molecule has 2 aliphatic rings. The summed E-state index contributed by atoms with van der Waals surface area (Å²) in [4.78, 5) is 23.3. The molecule has 2 N–H and O–H groups in total. The summed E-state index contributed by atoms with van der Waals surface area (Å²) < 4.78 is -1.43. The molecule has 2 atom stereocenters. The number of alkyl halides is 2. The van der Waals surface area contributed by atoms with E-state index in [4.69, 9.17) is 23.2 Å². The van der Waals surface area contributed by atoms with Gasteiger partial charge < -0.3 is 5.32 Å². The number of benzene rings is 1. The highest BCUT2D eigenvalue weighted by Gasteiger charge is 2.49. The van der Waals surface area contributed by atoms with Gasteiger partial charge in [0.25, 0.3) is 5.91 Å². The molecule has 1 aliphatic heterocycles. The molecule has 0 radical (unpaired) electrons. The quantitative estimate of drug-likeness (QED) is 0.828. The second kappa shape index (κ2) is 5.56. The molecule has 1 heterocycles. The Morgan fingerprint density at radius 3 is 2.68 bits per heavy atom. The normalized spacial score (nSPS) is 23.2. The SMILES string of the molecule is CCC(Cl)(Cl)C(=O)Nc1ccc(C2=NNC(=O)C3CC23)cc1. The van der Waals surface area contributed by atoms with Crippen LogP contribution in [0.2, 0.25) is 0 Å². The average molecular weight is 340 g/mol.